The minimum Gasteiger partial charge on any atom is -0.313 e. The number of hydrogen-bond acceptors (Lipinski definition) is 2. The minimum absolute atomic E-state index is 0.487. The van der Waals surface area contributed by atoms with Crippen LogP contribution in [0.3, 0.4) is 0 Å². The topological polar surface area (TPSA) is 15.3 Å². The number of benzene rings is 1. The van der Waals surface area contributed by atoms with E-state index in [1.165, 1.54) is 12.1 Å². The van der Waals surface area contributed by atoms with E-state index >= 15 is 0 Å². The van der Waals surface area contributed by atoms with Crippen molar-refractivity contribution < 1.29 is 8.78 Å². The zero-order valence-corrected chi connectivity index (χ0v) is 11.5. The number of halogens is 2. The van der Waals surface area contributed by atoms with Crippen molar-refractivity contribution in [3.8, 4) is 0 Å². The van der Waals surface area contributed by atoms with Crippen LogP contribution in [0.4, 0.5) is 8.78 Å². The summed E-state index contributed by atoms with van der Waals surface area (Å²) in [5.74, 6) is -0.975. The van der Waals surface area contributed by atoms with Crippen molar-refractivity contribution in [2.24, 2.45) is 0 Å². The second kappa shape index (κ2) is 6.96. The highest BCUT2D eigenvalue weighted by molar-refractivity contribution is 5.18. The van der Waals surface area contributed by atoms with Crippen LogP contribution in [-0.4, -0.2) is 37.1 Å². The molecule has 1 aliphatic rings. The average Bonchev–Trinajstić information content (AvgIpc) is 2.60. The van der Waals surface area contributed by atoms with Crippen LogP contribution < -0.4 is 5.32 Å². The molecule has 0 aliphatic carbocycles. The van der Waals surface area contributed by atoms with Crippen LogP contribution in [0.2, 0.25) is 0 Å². The van der Waals surface area contributed by atoms with Crippen molar-refractivity contribution in [1.82, 2.24) is 10.2 Å². The summed E-state index contributed by atoms with van der Waals surface area (Å²) in [7, 11) is 0. The molecule has 1 atom stereocenters. The average molecular weight is 268 g/mol. The van der Waals surface area contributed by atoms with E-state index in [0.29, 0.717) is 12.5 Å². The number of hydrogen-bond donors (Lipinski definition) is 1. The monoisotopic (exact) mass is 268 g/mol. The fraction of sp³-hybridized carbons (Fsp3) is 0.600. The van der Waals surface area contributed by atoms with E-state index in [4.69, 9.17) is 0 Å². The fourth-order valence-corrected chi connectivity index (χ4v) is 2.59. The van der Waals surface area contributed by atoms with Crippen molar-refractivity contribution >= 4 is 0 Å². The first-order valence-corrected chi connectivity index (χ1v) is 7.08. The molecule has 1 heterocycles. The molecule has 1 unspecified atom stereocenters. The lowest BCUT2D eigenvalue weighted by atomic mass is 10.1. The van der Waals surface area contributed by atoms with Crippen LogP contribution in [0.25, 0.3) is 0 Å². The summed E-state index contributed by atoms with van der Waals surface area (Å²) in [5, 5.41) is 3.52. The molecule has 19 heavy (non-hydrogen) atoms. The first-order valence-electron chi connectivity index (χ1n) is 7.08. The van der Waals surface area contributed by atoms with Gasteiger partial charge in [0.15, 0.2) is 0 Å². The summed E-state index contributed by atoms with van der Waals surface area (Å²) in [6.07, 6.45) is 3.00. The van der Waals surface area contributed by atoms with Gasteiger partial charge in [0.1, 0.15) is 11.6 Å². The van der Waals surface area contributed by atoms with Gasteiger partial charge >= 0.3 is 0 Å². The second-order valence-corrected chi connectivity index (χ2v) is 5.22. The molecule has 0 bridgehead atoms. The van der Waals surface area contributed by atoms with E-state index in [2.05, 4.69) is 17.1 Å². The molecule has 4 heteroatoms. The molecule has 1 aromatic carbocycles. The van der Waals surface area contributed by atoms with Gasteiger partial charge < -0.3 is 10.2 Å². The van der Waals surface area contributed by atoms with E-state index in [0.717, 1.165) is 50.7 Å². The first-order chi connectivity index (χ1) is 9.17. The van der Waals surface area contributed by atoms with E-state index < -0.39 is 11.6 Å². The van der Waals surface area contributed by atoms with Gasteiger partial charge in [0.2, 0.25) is 0 Å². The zero-order valence-electron chi connectivity index (χ0n) is 11.5. The van der Waals surface area contributed by atoms with Crippen LogP contribution in [-0.2, 0) is 6.42 Å². The summed E-state index contributed by atoms with van der Waals surface area (Å²) in [5.41, 5.74) is 0.738. The molecule has 2 nitrogen and oxygen atoms in total. The van der Waals surface area contributed by atoms with Crippen molar-refractivity contribution in [2.45, 2.75) is 32.2 Å². The molecule has 0 aromatic heterocycles. The smallest absolute Gasteiger partial charge is 0.126 e. The Balaban J connectivity index is 1.84. The summed E-state index contributed by atoms with van der Waals surface area (Å²) in [6, 6.07) is 4.38. The molecule has 1 aromatic rings. The van der Waals surface area contributed by atoms with Crippen LogP contribution in [0.5, 0.6) is 0 Å². The van der Waals surface area contributed by atoms with Gasteiger partial charge in [-0.2, -0.15) is 0 Å². The molecular weight excluding hydrogens is 246 g/mol. The van der Waals surface area contributed by atoms with Gasteiger partial charge in [-0.1, -0.05) is 6.92 Å². The van der Waals surface area contributed by atoms with E-state index in [9.17, 15) is 8.78 Å². The molecule has 1 aliphatic heterocycles. The quantitative estimate of drug-likeness (QED) is 0.903. The van der Waals surface area contributed by atoms with Gasteiger partial charge in [0.05, 0.1) is 0 Å². The Bertz CT molecular complexity index is 389. The third-order valence-corrected chi connectivity index (χ3v) is 3.79. The lowest BCUT2D eigenvalue weighted by molar-refractivity contribution is 0.293. The van der Waals surface area contributed by atoms with Gasteiger partial charge in [0.25, 0.3) is 0 Å². The van der Waals surface area contributed by atoms with E-state index in [-0.39, 0.29) is 0 Å². The second-order valence-electron chi connectivity index (χ2n) is 5.22. The van der Waals surface area contributed by atoms with Crippen LogP contribution in [0, 0.1) is 11.6 Å². The summed E-state index contributed by atoms with van der Waals surface area (Å²) < 4.78 is 26.2. The van der Waals surface area contributed by atoms with Crippen LogP contribution >= 0.6 is 0 Å². The predicted molar refractivity (Wildman–Crippen MR) is 73.2 cm³/mol. The molecule has 0 radical (unpaired) electrons. The first kappa shape index (κ1) is 14.4. The van der Waals surface area contributed by atoms with Gasteiger partial charge in [-0.05, 0) is 43.5 Å². The van der Waals surface area contributed by atoms with Gasteiger partial charge in [-0.15, -0.1) is 0 Å². The Morgan fingerprint density at radius 3 is 2.63 bits per heavy atom. The summed E-state index contributed by atoms with van der Waals surface area (Å²) in [6.45, 7) is 6.12. The Hall–Kier alpha value is -1.00. The summed E-state index contributed by atoms with van der Waals surface area (Å²) in [4.78, 5) is 2.37. The van der Waals surface area contributed by atoms with Gasteiger partial charge in [0, 0.05) is 31.7 Å². The fourth-order valence-electron chi connectivity index (χ4n) is 2.59. The molecular formula is C15H22F2N2. The normalized spacial score (nSPS) is 21.3. The maximum atomic E-state index is 13.1. The van der Waals surface area contributed by atoms with Crippen LogP contribution in [0.1, 0.15) is 25.3 Å². The molecule has 2 rings (SSSR count). The SMILES string of the molecule is CCC1CCN(CCc2cc(F)cc(F)c2)CCN1. The third kappa shape index (κ3) is 4.55. The highest BCUT2D eigenvalue weighted by Crippen LogP contribution is 2.10. The zero-order chi connectivity index (χ0) is 13.7. The van der Waals surface area contributed by atoms with Crippen molar-refractivity contribution in [3.05, 3.63) is 35.4 Å². The van der Waals surface area contributed by atoms with Crippen molar-refractivity contribution in [3.63, 3.8) is 0 Å². The number of nitrogens with one attached hydrogen (secondary N) is 1. The predicted octanol–water partition coefficient (Wildman–Crippen LogP) is 2.58. The lowest BCUT2D eigenvalue weighted by Gasteiger charge is -2.19. The largest absolute Gasteiger partial charge is 0.313 e. The maximum Gasteiger partial charge on any atom is 0.126 e. The molecule has 0 saturated carbocycles. The summed E-state index contributed by atoms with van der Waals surface area (Å²) >= 11 is 0. The molecule has 1 N–H and O–H groups in total. The van der Waals surface area contributed by atoms with Gasteiger partial charge in [-0.3, -0.25) is 0 Å². The van der Waals surface area contributed by atoms with Crippen molar-refractivity contribution in [2.75, 3.05) is 26.2 Å². The highest BCUT2D eigenvalue weighted by Gasteiger charge is 2.14. The Kier molecular flexibility index (Phi) is 5.28. The van der Waals surface area contributed by atoms with Crippen LogP contribution in [0.15, 0.2) is 18.2 Å². The molecule has 1 fully saturated rings. The van der Waals surface area contributed by atoms with Crippen molar-refractivity contribution in [1.29, 1.82) is 0 Å². The lowest BCUT2D eigenvalue weighted by Crippen LogP contribution is -2.31. The van der Waals surface area contributed by atoms with E-state index in [1.807, 2.05) is 0 Å². The minimum atomic E-state index is -0.487. The Morgan fingerprint density at radius 2 is 1.95 bits per heavy atom. The molecule has 1 saturated heterocycles. The van der Waals surface area contributed by atoms with E-state index in [1.54, 1.807) is 0 Å². The highest BCUT2D eigenvalue weighted by atomic mass is 19.1. The Labute approximate surface area is 113 Å². The van der Waals surface area contributed by atoms with Gasteiger partial charge in [-0.25, -0.2) is 8.78 Å². The molecule has 106 valence electrons. The Morgan fingerprint density at radius 1 is 1.21 bits per heavy atom. The maximum absolute atomic E-state index is 13.1. The molecule has 0 spiro atoms. The number of rotatable bonds is 4. The third-order valence-electron chi connectivity index (χ3n) is 3.79. The number of nitrogens with zero attached hydrogens (tertiary/aromatic N) is 1. The molecule has 0 amide bonds. The standard InChI is InChI=1S/C15H22F2N2/c1-2-15-4-7-19(8-5-18-15)6-3-12-9-13(16)11-14(17)10-12/h9-11,15,18H,2-8H2,1H3.